The Morgan fingerprint density at radius 1 is 0.917 bits per heavy atom. The van der Waals surface area contributed by atoms with Crippen LogP contribution in [0, 0.1) is 0 Å². The molecule has 7 nitrogen and oxygen atoms in total. The molecule has 4 rings (SSSR count). The molecule has 0 saturated carbocycles. The third kappa shape index (κ3) is 1.88. The summed E-state index contributed by atoms with van der Waals surface area (Å²) < 4.78 is 1.20. The van der Waals surface area contributed by atoms with E-state index in [4.69, 9.17) is 5.11 Å². The van der Waals surface area contributed by atoms with Crippen LogP contribution in [0.5, 0.6) is 0 Å². The molecule has 1 aliphatic rings. The number of ketones is 2. The summed E-state index contributed by atoms with van der Waals surface area (Å²) in [6, 6.07) is 11.4. The van der Waals surface area contributed by atoms with Gasteiger partial charge in [0.15, 0.2) is 17.3 Å². The molecule has 1 heterocycles. The molecule has 0 fully saturated rings. The topological polar surface area (TPSA) is 102 Å². The third-order valence-electron chi connectivity index (χ3n) is 3.89. The summed E-state index contributed by atoms with van der Waals surface area (Å²) in [4.78, 5) is 36.5. The fourth-order valence-electron chi connectivity index (χ4n) is 2.80. The number of nitrogens with zero attached hydrogens (tertiary/aromatic N) is 3. The van der Waals surface area contributed by atoms with Gasteiger partial charge in [0.05, 0.1) is 17.4 Å². The zero-order valence-corrected chi connectivity index (χ0v) is 12.1. The Morgan fingerprint density at radius 3 is 2.25 bits per heavy atom. The van der Waals surface area contributed by atoms with Crippen LogP contribution in [0.1, 0.15) is 42.3 Å². The molecule has 0 aliphatic heterocycles. The molecule has 0 radical (unpaired) electrons. The van der Waals surface area contributed by atoms with Crippen molar-refractivity contribution < 1.29 is 19.5 Å². The van der Waals surface area contributed by atoms with E-state index in [-0.39, 0.29) is 28.4 Å². The average molecular weight is 319 g/mol. The number of carboxylic acid groups (broad SMARTS) is 1. The Balaban J connectivity index is 1.95. The van der Waals surface area contributed by atoms with Crippen molar-refractivity contribution in [1.29, 1.82) is 0 Å². The molecule has 0 unspecified atom stereocenters. The molecular weight excluding hydrogens is 310 g/mol. The van der Waals surface area contributed by atoms with Gasteiger partial charge in [0.25, 0.3) is 0 Å². The van der Waals surface area contributed by atoms with Crippen LogP contribution in [0.3, 0.4) is 0 Å². The first-order valence-electron chi connectivity index (χ1n) is 7.05. The lowest BCUT2D eigenvalue weighted by molar-refractivity contribution is 0.0690. The van der Waals surface area contributed by atoms with Crippen molar-refractivity contribution in [2.75, 3.05) is 0 Å². The minimum Gasteiger partial charge on any atom is -0.476 e. The molecule has 1 aliphatic carbocycles. The lowest BCUT2D eigenvalue weighted by Gasteiger charge is -2.19. The van der Waals surface area contributed by atoms with Crippen LogP contribution >= 0.6 is 0 Å². The normalized spacial score (nSPS) is 12.7. The van der Waals surface area contributed by atoms with Crippen LogP contribution in [0.15, 0.2) is 48.7 Å². The van der Waals surface area contributed by atoms with Crippen molar-refractivity contribution in [1.82, 2.24) is 15.0 Å². The molecule has 2 aromatic carbocycles. The number of benzene rings is 2. The molecule has 0 amide bonds. The number of fused-ring (bicyclic) bond motifs is 2. The largest absolute Gasteiger partial charge is 0.476 e. The SMILES string of the molecule is O=C(O)c1cn(-c2cccc3c2C(=O)c2ccccc2C3=O)nn1. The van der Waals surface area contributed by atoms with Crippen LogP contribution < -0.4 is 0 Å². The third-order valence-corrected chi connectivity index (χ3v) is 3.89. The van der Waals surface area contributed by atoms with Gasteiger partial charge in [0.2, 0.25) is 0 Å². The predicted molar refractivity (Wildman–Crippen MR) is 81.6 cm³/mol. The smallest absolute Gasteiger partial charge is 0.358 e. The Morgan fingerprint density at radius 2 is 1.58 bits per heavy atom. The molecule has 3 aromatic rings. The number of carbonyl (C=O) groups is 3. The van der Waals surface area contributed by atoms with Crippen molar-refractivity contribution in [3.8, 4) is 5.69 Å². The minimum atomic E-state index is -1.22. The summed E-state index contributed by atoms with van der Waals surface area (Å²) in [7, 11) is 0. The number of hydrogen-bond acceptors (Lipinski definition) is 5. The number of rotatable bonds is 2. The average Bonchev–Trinajstić information content (AvgIpc) is 3.09. The van der Waals surface area contributed by atoms with Gasteiger partial charge in [-0.3, -0.25) is 9.59 Å². The number of carbonyl (C=O) groups excluding carboxylic acids is 2. The number of aromatic nitrogens is 3. The highest BCUT2D eigenvalue weighted by Crippen LogP contribution is 2.30. The zero-order chi connectivity index (χ0) is 16.8. The van der Waals surface area contributed by atoms with Crippen LogP contribution in [-0.4, -0.2) is 37.6 Å². The minimum absolute atomic E-state index is 0.197. The molecule has 1 aromatic heterocycles. The highest BCUT2D eigenvalue weighted by atomic mass is 16.4. The zero-order valence-electron chi connectivity index (χ0n) is 12.1. The molecule has 0 saturated heterocycles. The quantitative estimate of drug-likeness (QED) is 0.604. The summed E-state index contributed by atoms with van der Waals surface area (Å²) in [5, 5.41) is 16.3. The van der Waals surface area contributed by atoms with Gasteiger partial charge in [0.1, 0.15) is 0 Å². The maximum atomic E-state index is 12.9. The predicted octanol–water partition coefficient (Wildman–Crippen LogP) is 1.74. The van der Waals surface area contributed by atoms with Gasteiger partial charge in [-0.2, -0.15) is 0 Å². The first kappa shape index (κ1) is 14.0. The Kier molecular flexibility index (Phi) is 2.89. The van der Waals surface area contributed by atoms with E-state index < -0.39 is 5.97 Å². The van der Waals surface area contributed by atoms with Crippen molar-refractivity contribution in [3.63, 3.8) is 0 Å². The van der Waals surface area contributed by atoms with Gasteiger partial charge in [-0.15, -0.1) is 5.10 Å². The second-order valence-corrected chi connectivity index (χ2v) is 5.26. The van der Waals surface area contributed by atoms with Crippen molar-refractivity contribution in [2.45, 2.75) is 0 Å². The second kappa shape index (κ2) is 4.95. The molecule has 0 spiro atoms. The van der Waals surface area contributed by atoms with Crippen LogP contribution in [0.4, 0.5) is 0 Å². The fraction of sp³-hybridized carbons (Fsp3) is 0. The summed E-state index contributed by atoms with van der Waals surface area (Å²) in [6.07, 6.45) is 1.20. The fourth-order valence-corrected chi connectivity index (χ4v) is 2.80. The first-order valence-corrected chi connectivity index (χ1v) is 7.05. The van der Waals surface area contributed by atoms with Crippen LogP contribution in [0.2, 0.25) is 0 Å². The van der Waals surface area contributed by atoms with E-state index >= 15 is 0 Å². The maximum absolute atomic E-state index is 12.9. The molecule has 116 valence electrons. The molecule has 0 bridgehead atoms. The van der Waals surface area contributed by atoms with E-state index in [1.807, 2.05) is 0 Å². The molecular formula is C17H9N3O4. The highest BCUT2D eigenvalue weighted by Gasteiger charge is 2.32. The Labute approximate surface area is 135 Å². The van der Waals surface area contributed by atoms with E-state index in [0.29, 0.717) is 16.8 Å². The van der Waals surface area contributed by atoms with E-state index in [1.54, 1.807) is 42.5 Å². The van der Waals surface area contributed by atoms with Crippen LogP contribution in [0.25, 0.3) is 5.69 Å². The van der Waals surface area contributed by atoms with Gasteiger partial charge in [-0.1, -0.05) is 41.6 Å². The van der Waals surface area contributed by atoms with Gasteiger partial charge in [-0.05, 0) is 6.07 Å². The number of hydrogen-bond donors (Lipinski definition) is 1. The van der Waals surface area contributed by atoms with Gasteiger partial charge in [0, 0.05) is 16.7 Å². The van der Waals surface area contributed by atoms with Gasteiger partial charge < -0.3 is 5.11 Å². The molecule has 0 atom stereocenters. The monoisotopic (exact) mass is 319 g/mol. The van der Waals surface area contributed by atoms with Crippen molar-refractivity contribution in [3.05, 3.63) is 76.6 Å². The lowest BCUT2D eigenvalue weighted by Crippen LogP contribution is -2.23. The number of carboxylic acids is 1. The van der Waals surface area contributed by atoms with E-state index in [2.05, 4.69) is 10.3 Å². The standard InChI is InChI=1S/C17H9N3O4/c21-15-9-4-1-2-5-10(9)16(22)14-11(15)6-3-7-13(14)20-8-12(17(23)24)18-19-20/h1-8H,(H,23,24). The van der Waals surface area contributed by atoms with Crippen molar-refractivity contribution in [2.24, 2.45) is 0 Å². The van der Waals surface area contributed by atoms with Gasteiger partial charge in [-0.25, -0.2) is 9.48 Å². The lowest BCUT2D eigenvalue weighted by atomic mass is 9.83. The Bertz CT molecular complexity index is 1040. The molecule has 1 N–H and O–H groups in total. The summed E-state index contributed by atoms with van der Waals surface area (Å²) in [6.45, 7) is 0. The summed E-state index contributed by atoms with van der Waals surface area (Å²) >= 11 is 0. The van der Waals surface area contributed by atoms with Crippen molar-refractivity contribution >= 4 is 17.5 Å². The molecule has 24 heavy (non-hydrogen) atoms. The van der Waals surface area contributed by atoms with Gasteiger partial charge >= 0.3 is 5.97 Å². The number of aromatic carboxylic acids is 1. The van der Waals surface area contributed by atoms with Crippen LogP contribution in [-0.2, 0) is 0 Å². The summed E-state index contributed by atoms with van der Waals surface area (Å²) in [5.74, 6) is -1.78. The Hall–Kier alpha value is -3.61. The maximum Gasteiger partial charge on any atom is 0.358 e. The van der Waals surface area contributed by atoms with E-state index in [0.717, 1.165) is 0 Å². The van der Waals surface area contributed by atoms with E-state index in [1.165, 1.54) is 10.9 Å². The molecule has 7 heteroatoms. The first-order chi connectivity index (χ1) is 11.6. The second-order valence-electron chi connectivity index (χ2n) is 5.26. The van der Waals surface area contributed by atoms with E-state index in [9.17, 15) is 14.4 Å². The summed E-state index contributed by atoms with van der Waals surface area (Å²) in [5.41, 5.74) is 1.22. The highest BCUT2D eigenvalue weighted by molar-refractivity contribution is 6.29.